The first-order valence-corrected chi connectivity index (χ1v) is 3.51. The highest BCUT2D eigenvalue weighted by molar-refractivity contribution is 5.79. The molecule has 0 aromatic rings. The van der Waals surface area contributed by atoms with Gasteiger partial charge in [0.05, 0.1) is 0 Å². The highest BCUT2D eigenvalue weighted by Crippen LogP contribution is 1.96. The number of aliphatic hydroxyl groups is 1. The first kappa shape index (κ1) is 9.59. The lowest BCUT2D eigenvalue weighted by atomic mass is 10.1. The molecule has 0 fully saturated rings. The molecule has 0 saturated heterocycles. The Morgan fingerprint density at radius 1 is 1.70 bits per heavy atom. The fourth-order valence-corrected chi connectivity index (χ4v) is 0.675. The molecule has 0 aliphatic carbocycles. The second-order valence-electron chi connectivity index (χ2n) is 2.37. The van der Waals surface area contributed by atoms with Gasteiger partial charge < -0.3 is 10.4 Å². The van der Waals surface area contributed by atoms with E-state index in [0.29, 0.717) is 6.42 Å². The van der Waals surface area contributed by atoms with Crippen LogP contribution in [0.1, 0.15) is 19.8 Å². The Hall–Kier alpha value is -0.410. The second-order valence-corrected chi connectivity index (χ2v) is 2.37. The lowest BCUT2D eigenvalue weighted by Gasteiger charge is -2.04. The summed E-state index contributed by atoms with van der Waals surface area (Å²) in [7, 11) is 1.85. The Balaban J connectivity index is 3.21. The van der Waals surface area contributed by atoms with Gasteiger partial charge in [-0.15, -0.1) is 0 Å². The first-order chi connectivity index (χ1) is 4.68. The summed E-state index contributed by atoms with van der Waals surface area (Å²) < 4.78 is 0. The van der Waals surface area contributed by atoms with Crippen molar-refractivity contribution in [3.63, 3.8) is 0 Å². The second kappa shape index (κ2) is 5.38. The third-order valence-corrected chi connectivity index (χ3v) is 1.37. The zero-order chi connectivity index (χ0) is 7.98. The maximum absolute atomic E-state index is 10.5. The SMILES string of the molecule is CNCCCC(O)C(C)=O. The smallest absolute Gasteiger partial charge is 0.158 e. The van der Waals surface area contributed by atoms with Crippen molar-refractivity contribution in [3.05, 3.63) is 0 Å². The van der Waals surface area contributed by atoms with E-state index in [1.165, 1.54) is 6.92 Å². The van der Waals surface area contributed by atoms with E-state index in [4.69, 9.17) is 5.11 Å². The molecule has 0 rings (SSSR count). The van der Waals surface area contributed by atoms with Crippen LogP contribution in [-0.4, -0.2) is 30.6 Å². The summed E-state index contributed by atoms with van der Waals surface area (Å²) in [5.74, 6) is -0.142. The van der Waals surface area contributed by atoms with E-state index in [9.17, 15) is 4.79 Å². The molecule has 0 saturated carbocycles. The van der Waals surface area contributed by atoms with Crippen LogP contribution in [0.4, 0.5) is 0 Å². The van der Waals surface area contributed by atoms with Crippen molar-refractivity contribution < 1.29 is 9.90 Å². The lowest BCUT2D eigenvalue weighted by Crippen LogP contribution is -2.19. The molecular weight excluding hydrogens is 130 g/mol. The standard InChI is InChI=1S/C7H15NO2/c1-6(9)7(10)4-3-5-8-2/h7-8,10H,3-5H2,1-2H3. The number of carbonyl (C=O) groups excluding carboxylic acids is 1. The van der Waals surface area contributed by atoms with Gasteiger partial charge in [0.25, 0.3) is 0 Å². The zero-order valence-corrected chi connectivity index (χ0v) is 6.55. The molecule has 3 nitrogen and oxygen atoms in total. The van der Waals surface area contributed by atoms with Crippen LogP contribution >= 0.6 is 0 Å². The zero-order valence-electron chi connectivity index (χ0n) is 6.55. The van der Waals surface area contributed by atoms with Gasteiger partial charge in [-0.05, 0) is 33.4 Å². The normalized spacial score (nSPS) is 13.1. The van der Waals surface area contributed by atoms with Crippen LogP contribution in [0.5, 0.6) is 0 Å². The molecule has 1 atom stereocenters. The molecule has 10 heavy (non-hydrogen) atoms. The van der Waals surface area contributed by atoms with Crippen molar-refractivity contribution in [2.24, 2.45) is 0 Å². The van der Waals surface area contributed by atoms with Gasteiger partial charge in [0.15, 0.2) is 5.78 Å². The van der Waals surface area contributed by atoms with Gasteiger partial charge in [-0.25, -0.2) is 0 Å². The number of carbonyl (C=O) groups is 1. The lowest BCUT2D eigenvalue weighted by molar-refractivity contribution is -0.125. The summed E-state index contributed by atoms with van der Waals surface area (Å²) in [5.41, 5.74) is 0. The van der Waals surface area contributed by atoms with E-state index in [-0.39, 0.29) is 5.78 Å². The van der Waals surface area contributed by atoms with Crippen molar-refractivity contribution in [1.82, 2.24) is 5.32 Å². The number of Topliss-reactive ketones (excluding diaryl/α,β-unsaturated/α-hetero) is 1. The summed E-state index contributed by atoms with van der Waals surface area (Å²) in [4.78, 5) is 10.5. The summed E-state index contributed by atoms with van der Waals surface area (Å²) in [6, 6.07) is 0. The maximum atomic E-state index is 10.5. The number of nitrogens with one attached hydrogen (secondary N) is 1. The predicted octanol–water partition coefficient (Wildman–Crippen LogP) is -0.0641. The van der Waals surface area contributed by atoms with Gasteiger partial charge in [-0.1, -0.05) is 0 Å². The molecule has 0 spiro atoms. The number of hydrogen-bond donors (Lipinski definition) is 2. The fourth-order valence-electron chi connectivity index (χ4n) is 0.675. The van der Waals surface area contributed by atoms with Crippen molar-refractivity contribution in [1.29, 1.82) is 0 Å². The van der Waals surface area contributed by atoms with E-state index in [1.807, 2.05) is 7.05 Å². The Bertz CT molecular complexity index is 104. The molecule has 0 bridgehead atoms. The Morgan fingerprint density at radius 3 is 2.70 bits per heavy atom. The fraction of sp³-hybridized carbons (Fsp3) is 0.857. The third-order valence-electron chi connectivity index (χ3n) is 1.37. The van der Waals surface area contributed by atoms with Crippen LogP contribution in [-0.2, 0) is 4.79 Å². The molecule has 0 heterocycles. The Morgan fingerprint density at radius 2 is 2.30 bits per heavy atom. The maximum Gasteiger partial charge on any atom is 0.158 e. The number of rotatable bonds is 5. The minimum Gasteiger partial charge on any atom is -0.385 e. The van der Waals surface area contributed by atoms with Gasteiger partial charge in [0, 0.05) is 0 Å². The highest BCUT2D eigenvalue weighted by Gasteiger charge is 2.07. The van der Waals surface area contributed by atoms with Gasteiger partial charge in [-0.3, -0.25) is 4.79 Å². The molecule has 0 radical (unpaired) electrons. The van der Waals surface area contributed by atoms with Crippen LogP contribution in [0.25, 0.3) is 0 Å². The minimum absolute atomic E-state index is 0.142. The van der Waals surface area contributed by atoms with Gasteiger partial charge in [0.1, 0.15) is 6.10 Å². The molecule has 0 aromatic carbocycles. The van der Waals surface area contributed by atoms with E-state index in [2.05, 4.69) is 5.32 Å². The van der Waals surface area contributed by atoms with Crippen molar-refractivity contribution >= 4 is 5.78 Å². The van der Waals surface area contributed by atoms with Gasteiger partial charge >= 0.3 is 0 Å². The number of ketones is 1. The van der Waals surface area contributed by atoms with Crippen LogP contribution in [0.2, 0.25) is 0 Å². The molecular formula is C7H15NO2. The molecule has 0 amide bonds. The van der Waals surface area contributed by atoms with Crippen molar-refractivity contribution in [2.45, 2.75) is 25.9 Å². The Labute approximate surface area is 61.4 Å². The average molecular weight is 145 g/mol. The summed E-state index contributed by atoms with van der Waals surface area (Å²) >= 11 is 0. The van der Waals surface area contributed by atoms with E-state index in [0.717, 1.165) is 13.0 Å². The van der Waals surface area contributed by atoms with E-state index in [1.54, 1.807) is 0 Å². The van der Waals surface area contributed by atoms with Crippen LogP contribution < -0.4 is 5.32 Å². The van der Waals surface area contributed by atoms with E-state index >= 15 is 0 Å². The average Bonchev–Trinajstić information content (AvgIpc) is 1.88. The quantitative estimate of drug-likeness (QED) is 0.533. The van der Waals surface area contributed by atoms with Crippen LogP contribution in [0, 0.1) is 0 Å². The molecule has 1 unspecified atom stereocenters. The number of aliphatic hydroxyl groups excluding tert-OH is 1. The van der Waals surface area contributed by atoms with E-state index < -0.39 is 6.10 Å². The van der Waals surface area contributed by atoms with Crippen molar-refractivity contribution in [2.75, 3.05) is 13.6 Å². The molecule has 3 heteroatoms. The summed E-state index contributed by atoms with van der Waals surface area (Å²) in [6.07, 6.45) is 0.654. The predicted molar refractivity (Wildman–Crippen MR) is 39.8 cm³/mol. The molecule has 0 aliphatic rings. The minimum atomic E-state index is -0.756. The molecule has 0 aromatic heterocycles. The monoisotopic (exact) mass is 145 g/mol. The van der Waals surface area contributed by atoms with Crippen LogP contribution in [0.3, 0.4) is 0 Å². The van der Waals surface area contributed by atoms with Crippen molar-refractivity contribution in [3.8, 4) is 0 Å². The topological polar surface area (TPSA) is 49.3 Å². The van der Waals surface area contributed by atoms with Crippen LogP contribution in [0.15, 0.2) is 0 Å². The first-order valence-electron chi connectivity index (χ1n) is 3.51. The third kappa shape index (κ3) is 4.47. The summed E-state index contributed by atoms with van der Waals surface area (Å²) in [5, 5.41) is 11.9. The molecule has 60 valence electrons. The number of hydrogen-bond acceptors (Lipinski definition) is 3. The summed E-state index contributed by atoms with van der Waals surface area (Å²) in [6.45, 7) is 2.26. The largest absolute Gasteiger partial charge is 0.385 e. The molecule has 0 aliphatic heterocycles. The van der Waals surface area contributed by atoms with Gasteiger partial charge in [0.2, 0.25) is 0 Å². The molecule has 2 N–H and O–H groups in total. The Kier molecular flexibility index (Phi) is 5.16. The van der Waals surface area contributed by atoms with Gasteiger partial charge in [-0.2, -0.15) is 0 Å². The highest BCUT2D eigenvalue weighted by atomic mass is 16.3.